The molecule has 2 aromatic carbocycles. The molecular formula is C28H34N6O2. The van der Waals surface area contributed by atoms with Gasteiger partial charge in [0.1, 0.15) is 6.54 Å². The van der Waals surface area contributed by atoms with Crippen LogP contribution in [0.1, 0.15) is 31.9 Å². The van der Waals surface area contributed by atoms with Crippen LogP contribution >= 0.6 is 0 Å². The fourth-order valence-electron chi connectivity index (χ4n) is 4.45. The molecule has 1 N–H and O–H groups in total. The van der Waals surface area contributed by atoms with Crippen molar-refractivity contribution in [2.45, 2.75) is 26.3 Å². The topological polar surface area (TPSA) is 81.7 Å². The average molecular weight is 487 g/mol. The van der Waals surface area contributed by atoms with Crippen molar-refractivity contribution in [3.8, 4) is 11.3 Å². The Morgan fingerprint density at radius 1 is 0.917 bits per heavy atom. The Bertz CT molecular complexity index is 1120. The molecule has 4 rings (SSSR count). The van der Waals surface area contributed by atoms with Crippen LogP contribution in [-0.4, -0.2) is 71.2 Å². The largest absolute Gasteiger partial charge is 0.353 e. The van der Waals surface area contributed by atoms with E-state index >= 15 is 0 Å². The van der Waals surface area contributed by atoms with Crippen molar-refractivity contribution in [3.63, 3.8) is 0 Å². The summed E-state index contributed by atoms with van der Waals surface area (Å²) in [6.07, 6.45) is 0.823. The number of anilines is 1. The normalized spacial score (nSPS) is 14.6. The fourth-order valence-corrected chi connectivity index (χ4v) is 4.45. The fraction of sp³-hybridized carbons (Fsp3) is 0.357. The number of nitrogens with one attached hydrogen (secondary N) is 1. The number of hydrogen-bond acceptors (Lipinski definition) is 5. The minimum Gasteiger partial charge on any atom is -0.353 e. The van der Waals surface area contributed by atoms with Gasteiger partial charge in [0.05, 0.1) is 11.7 Å². The molecule has 8 heteroatoms. The van der Waals surface area contributed by atoms with Gasteiger partial charge in [-0.15, -0.1) is 10.2 Å². The first-order chi connectivity index (χ1) is 17.6. The van der Waals surface area contributed by atoms with E-state index in [1.54, 1.807) is 4.90 Å². The molecule has 0 spiro atoms. The van der Waals surface area contributed by atoms with E-state index in [-0.39, 0.29) is 24.5 Å². The van der Waals surface area contributed by atoms with Crippen molar-refractivity contribution >= 4 is 17.8 Å². The third-order valence-corrected chi connectivity index (χ3v) is 6.54. The summed E-state index contributed by atoms with van der Waals surface area (Å²) < 4.78 is 0. The zero-order valence-corrected chi connectivity index (χ0v) is 21.0. The van der Waals surface area contributed by atoms with Gasteiger partial charge in [0, 0.05) is 38.3 Å². The summed E-state index contributed by atoms with van der Waals surface area (Å²) in [6, 6.07) is 23.3. The van der Waals surface area contributed by atoms with Crippen LogP contribution in [0.3, 0.4) is 0 Å². The quantitative estimate of drug-likeness (QED) is 0.546. The molecule has 0 saturated carbocycles. The van der Waals surface area contributed by atoms with E-state index in [0.717, 1.165) is 35.6 Å². The van der Waals surface area contributed by atoms with Gasteiger partial charge in [0.2, 0.25) is 5.91 Å². The van der Waals surface area contributed by atoms with E-state index in [1.807, 2.05) is 91.5 Å². The molecule has 188 valence electrons. The van der Waals surface area contributed by atoms with Crippen LogP contribution in [0.15, 0.2) is 72.8 Å². The molecule has 1 atom stereocenters. The standard InChI is InChI=1S/C28H34N6O2/c1-3-29-28(36)34(22(2)23-11-6-4-7-12-23)21-27(35)33-18-10-17-32(19-20-33)26-16-15-25(30-31-26)24-13-8-5-9-14-24/h4-9,11-16,22H,3,10,17-21H2,1-2H3,(H,29,36)/t22-/m0/s1. The van der Waals surface area contributed by atoms with Crippen LogP contribution < -0.4 is 10.2 Å². The highest BCUT2D eigenvalue weighted by molar-refractivity contribution is 5.84. The summed E-state index contributed by atoms with van der Waals surface area (Å²) in [5, 5.41) is 11.7. The van der Waals surface area contributed by atoms with Gasteiger partial charge < -0.3 is 20.0 Å². The molecule has 3 amide bonds. The number of carbonyl (C=O) groups excluding carboxylic acids is 2. The Morgan fingerprint density at radius 3 is 2.31 bits per heavy atom. The highest BCUT2D eigenvalue weighted by atomic mass is 16.2. The van der Waals surface area contributed by atoms with Crippen molar-refractivity contribution in [2.24, 2.45) is 0 Å². The number of aromatic nitrogens is 2. The van der Waals surface area contributed by atoms with E-state index in [0.29, 0.717) is 26.2 Å². The van der Waals surface area contributed by atoms with E-state index < -0.39 is 0 Å². The highest BCUT2D eigenvalue weighted by Gasteiger charge is 2.27. The number of carbonyl (C=O) groups is 2. The van der Waals surface area contributed by atoms with Crippen molar-refractivity contribution in [1.82, 2.24) is 25.3 Å². The Kier molecular flexibility index (Phi) is 8.49. The number of amides is 3. The first-order valence-electron chi connectivity index (χ1n) is 12.6. The van der Waals surface area contributed by atoms with E-state index in [2.05, 4.69) is 20.4 Å². The molecule has 1 aliphatic heterocycles. The summed E-state index contributed by atoms with van der Waals surface area (Å²) in [6.45, 7) is 7.06. The summed E-state index contributed by atoms with van der Waals surface area (Å²) in [5.41, 5.74) is 2.87. The maximum atomic E-state index is 13.3. The monoisotopic (exact) mass is 486 g/mol. The molecule has 1 aromatic heterocycles. The zero-order chi connectivity index (χ0) is 25.3. The Labute approximate surface area is 212 Å². The Hall–Kier alpha value is -3.94. The molecule has 1 aliphatic rings. The summed E-state index contributed by atoms with van der Waals surface area (Å²) in [4.78, 5) is 31.8. The second-order valence-electron chi connectivity index (χ2n) is 8.91. The molecule has 3 aromatic rings. The zero-order valence-electron chi connectivity index (χ0n) is 21.0. The van der Waals surface area contributed by atoms with Crippen molar-refractivity contribution in [1.29, 1.82) is 0 Å². The van der Waals surface area contributed by atoms with Gasteiger partial charge in [-0.1, -0.05) is 60.7 Å². The number of rotatable bonds is 7. The first kappa shape index (κ1) is 25.2. The number of nitrogens with zero attached hydrogens (tertiary/aromatic N) is 5. The third-order valence-electron chi connectivity index (χ3n) is 6.54. The van der Waals surface area contributed by atoms with Crippen LogP contribution in [0.4, 0.5) is 10.6 Å². The first-order valence-corrected chi connectivity index (χ1v) is 12.6. The van der Waals surface area contributed by atoms with Crippen molar-refractivity contribution in [2.75, 3.05) is 44.2 Å². The molecule has 1 fully saturated rings. The highest BCUT2D eigenvalue weighted by Crippen LogP contribution is 2.22. The van der Waals surface area contributed by atoms with Crippen LogP contribution in [0, 0.1) is 0 Å². The minimum absolute atomic E-state index is 0.0352. The maximum Gasteiger partial charge on any atom is 0.318 e. The molecule has 0 unspecified atom stereocenters. The lowest BCUT2D eigenvalue weighted by Gasteiger charge is -2.31. The maximum absolute atomic E-state index is 13.3. The SMILES string of the molecule is CCNC(=O)N(CC(=O)N1CCCN(c2ccc(-c3ccccc3)nn2)CC1)[C@@H](C)c1ccccc1. The summed E-state index contributed by atoms with van der Waals surface area (Å²) >= 11 is 0. The molecule has 36 heavy (non-hydrogen) atoms. The number of benzene rings is 2. The predicted octanol–water partition coefficient (Wildman–Crippen LogP) is 3.98. The number of urea groups is 1. The van der Waals surface area contributed by atoms with Crippen molar-refractivity contribution in [3.05, 3.63) is 78.4 Å². The molecule has 0 bridgehead atoms. The van der Waals surface area contributed by atoms with E-state index in [9.17, 15) is 9.59 Å². The molecule has 0 aliphatic carbocycles. The van der Waals surface area contributed by atoms with E-state index in [4.69, 9.17) is 0 Å². The van der Waals surface area contributed by atoms with Crippen LogP contribution in [0.5, 0.6) is 0 Å². The number of hydrogen-bond donors (Lipinski definition) is 1. The van der Waals surface area contributed by atoms with Gasteiger partial charge >= 0.3 is 6.03 Å². The minimum atomic E-state index is -0.229. The summed E-state index contributed by atoms with van der Waals surface area (Å²) in [5.74, 6) is 0.766. The van der Waals surface area contributed by atoms with Crippen LogP contribution in [0.2, 0.25) is 0 Å². The van der Waals surface area contributed by atoms with Crippen LogP contribution in [0.25, 0.3) is 11.3 Å². The van der Waals surface area contributed by atoms with Gasteiger partial charge in [0.15, 0.2) is 5.82 Å². The van der Waals surface area contributed by atoms with Gasteiger partial charge in [0.25, 0.3) is 0 Å². The second-order valence-corrected chi connectivity index (χ2v) is 8.91. The average Bonchev–Trinajstić information content (AvgIpc) is 3.19. The van der Waals surface area contributed by atoms with Gasteiger partial charge in [-0.05, 0) is 38.0 Å². The summed E-state index contributed by atoms with van der Waals surface area (Å²) in [7, 11) is 0. The van der Waals surface area contributed by atoms with Gasteiger partial charge in [-0.2, -0.15) is 0 Å². The smallest absolute Gasteiger partial charge is 0.318 e. The van der Waals surface area contributed by atoms with Gasteiger partial charge in [-0.25, -0.2) is 4.79 Å². The van der Waals surface area contributed by atoms with Crippen molar-refractivity contribution < 1.29 is 9.59 Å². The van der Waals surface area contributed by atoms with Gasteiger partial charge in [-0.3, -0.25) is 4.79 Å². The molecular weight excluding hydrogens is 452 g/mol. The molecule has 2 heterocycles. The molecule has 8 nitrogen and oxygen atoms in total. The third kappa shape index (κ3) is 6.19. The van der Waals surface area contributed by atoms with Crippen LogP contribution in [-0.2, 0) is 4.79 Å². The second kappa shape index (κ2) is 12.2. The molecule has 1 saturated heterocycles. The predicted molar refractivity (Wildman–Crippen MR) is 142 cm³/mol. The van der Waals surface area contributed by atoms with E-state index in [1.165, 1.54) is 0 Å². The Morgan fingerprint density at radius 2 is 1.64 bits per heavy atom. The lowest BCUT2D eigenvalue weighted by Crippen LogP contribution is -2.48. The molecule has 0 radical (unpaired) electrons. The lowest BCUT2D eigenvalue weighted by molar-refractivity contribution is -0.132. The lowest BCUT2D eigenvalue weighted by atomic mass is 10.1. The Balaban J connectivity index is 1.39.